The first-order valence-corrected chi connectivity index (χ1v) is 8.23. The minimum absolute atomic E-state index is 0.0560. The number of rotatable bonds is 3. The quantitative estimate of drug-likeness (QED) is 0.794. The number of nitrogens with zero attached hydrogens (tertiary/aromatic N) is 2. The second-order valence-electron chi connectivity index (χ2n) is 6.74. The van der Waals surface area contributed by atoms with Gasteiger partial charge in [-0.05, 0) is 51.4 Å². The molecule has 1 atom stereocenters. The van der Waals surface area contributed by atoms with E-state index in [0.717, 1.165) is 51.7 Å². The van der Waals surface area contributed by atoms with Gasteiger partial charge >= 0.3 is 0 Å². The lowest BCUT2D eigenvalue weighted by Crippen LogP contribution is -2.46. The van der Waals surface area contributed by atoms with E-state index in [4.69, 9.17) is 0 Å². The van der Waals surface area contributed by atoms with E-state index in [1.54, 1.807) is 0 Å². The van der Waals surface area contributed by atoms with Gasteiger partial charge in [0.15, 0.2) is 0 Å². The fourth-order valence-corrected chi connectivity index (χ4v) is 4.03. The van der Waals surface area contributed by atoms with Crippen molar-refractivity contribution in [2.75, 3.05) is 19.6 Å². The number of amides is 2. The molecule has 3 rings (SSSR count). The first-order chi connectivity index (χ1) is 9.64. The topological polar surface area (TPSA) is 40.6 Å². The van der Waals surface area contributed by atoms with E-state index in [9.17, 15) is 9.59 Å². The Labute approximate surface area is 121 Å². The van der Waals surface area contributed by atoms with E-state index in [-0.39, 0.29) is 5.54 Å². The largest absolute Gasteiger partial charge is 0.343 e. The van der Waals surface area contributed by atoms with Gasteiger partial charge < -0.3 is 9.80 Å². The molecular formula is C16H26N2O2. The summed E-state index contributed by atoms with van der Waals surface area (Å²) >= 11 is 0. The van der Waals surface area contributed by atoms with Crippen molar-refractivity contribution in [2.24, 2.45) is 5.92 Å². The van der Waals surface area contributed by atoms with Gasteiger partial charge in [-0.15, -0.1) is 0 Å². The Kier molecular flexibility index (Phi) is 3.74. The summed E-state index contributed by atoms with van der Waals surface area (Å²) in [5.74, 6) is 1.32. The number of likely N-dealkylation sites (tertiary alicyclic amines) is 2. The Morgan fingerprint density at radius 1 is 1.25 bits per heavy atom. The highest BCUT2D eigenvalue weighted by Crippen LogP contribution is 2.39. The summed E-state index contributed by atoms with van der Waals surface area (Å²) in [7, 11) is 0. The van der Waals surface area contributed by atoms with Gasteiger partial charge in [-0.2, -0.15) is 0 Å². The number of carbonyl (C=O) groups is 2. The van der Waals surface area contributed by atoms with E-state index in [1.165, 1.54) is 12.8 Å². The van der Waals surface area contributed by atoms with Gasteiger partial charge in [0, 0.05) is 38.0 Å². The summed E-state index contributed by atoms with van der Waals surface area (Å²) in [5, 5.41) is 0. The minimum atomic E-state index is 0.0560. The van der Waals surface area contributed by atoms with Crippen molar-refractivity contribution in [3.8, 4) is 0 Å². The molecule has 3 fully saturated rings. The Hall–Kier alpha value is -1.06. The molecule has 2 aliphatic heterocycles. The Morgan fingerprint density at radius 2 is 2.05 bits per heavy atom. The van der Waals surface area contributed by atoms with Crippen LogP contribution in [-0.2, 0) is 9.59 Å². The van der Waals surface area contributed by atoms with Gasteiger partial charge in [-0.1, -0.05) is 0 Å². The highest BCUT2D eigenvalue weighted by atomic mass is 16.2. The molecule has 0 aromatic heterocycles. The lowest BCUT2D eigenvalue weighted by atomic mass is 9.88. The maximum absolute atomic E-state index is 12.3. The van der Waals surface area contributed by atoms with Crippen LogP contribution in [0.3, 0.4) is 0 Å². The Morgan fingerprint density at radius 3 is 2.75 bits per heavy atom. The van der Waals surface area contributed by atoms with Crippen molar-refractivity contribution >= 4 is 11.8 Å². The van der Waals surface area contributed by atoms with E-state index < -0.39 is 0 Å². The van der Waals surface area contributed by atoms with Gasteiger partial charge in [0.1, 0.15) is 0 Å². The third kappa shape index (κ3) is 2.57. The van der Waals surface area contributed by atoms with Crippen LogP contribution in [0.1, 0.15) is 58.3 Å². The molecule has 20 heavy (non-hydrogen) atoms. The van der Waals surface area contributed by atoms with Crippen LogP contribution in [0.2, 0.25) is 0 Å². The van der Waals surface area contributed by atoms with Crippen molar-refractivity contribution in [1.29, 1.82) is 0 Å². The number of hydrogen-bond acceptors (Lipinski definition) is 2. The second kappa shape index (κ2) is 5.38. The molecule has 2 amide bonds. The van der Waals surface area contributed by atoms with Gasteiger partial charge in [0.2, 0.25) is 11.8 Å². The van der Waals surface area contributed by atoms with E-state index in [2.05, 4.69) is 16.7 Å². The highest BCUT2D eigenvalue weighted by molar-refractivity contribution is 5.80. The van der Waals surface area contributed by atoms with E-state index in [1.807, 2.05) is 0 Å². The molecule has 1 saturated carbocycles. The zero-order valence-corrected chi connectivity index (χ0v) is 12.6. The third-order valence-electron chi connectivity index (χ3n) is 5.42. The maximum atomic E-state index is 12.3. The van der Waals surface area contributed by atoms with Crippen molar-refractivity contribution in [3.63, 3.8) is 0 Å². The molecule has 2 heterocycles. The third-order valence-corrected chi connectivity index (χ3v) is 5.42. The SMILES string of the molecule is CCN1C(=O)CC[C@]12CCCN(C(=O)CC1CC1)CC2. The highest BCUT2D eigenvalue weighted by Gasteiger charge is 2.45. The van der Waals surface area contributed by atoms with Crippen LogP contribution in [0.15, 0.2) is 0 Å². The van der Waals surface area contributed by atoms with Crippen LogP contribution in [0.25, 0.3) is 0 Å². The molecule has 0 aromatic rings. The van der Waals surface area contributed by atoms with Gasteiger partial charge in [-0.3, -0.25) is 9.59 Å². The van der Waals surface area contributed by atoms with Gasteiger partial charge in [0.25, 0.3) is 0 Å². The molecule has 0 aromatic carbocycles. The van der Waals surface area contributed by atoms with Crippen LogP contribution >= 0.6 is 0 Å². The van der Waals surface area contributed by atoms with Gasteiger partial charge in [-0.25, -0.2) is 0 Å². The normalized spacial score (nSPS) is 30.9. The van der Waals surface area contributed by atoms with Crippen molar-refractivity contribution < 1.29 is 9.59 Å². The summed E-state index contributed by atoms with van der Waals surface area (Å²) in [5.41, 5.74) is 0.0560. The lowest BCUT2D eigenvalue weighted by molar-refractivity contribution is -0.131. The molecular weight excluding hydrogens is 252 g/mol. The minimum Gasteiger partial charge on any atom is -0.343 e. The first kappa shape index (κ1) is 13.9. The molecule has 1 aliphatic carbocycles. The predicted molar refractivity (Wildman–Crippen MR) is 77.1 cm³/mol. The molecule has 4 heteroatoms. The zero-order valence-electron chi connectivity index (χ0n) is 12.6. The fourth-order valence-electron chi connectivity index (χ4n) is 4.03. The number of hydrogen-bond donors (Lipinski definition) is 0. The molecule has 0 bridgehead atoms. The molecule has 3 aliphatic rings. The average Bonchev–Trinajstić information content (AvgIpc) is 3.20. The summed E-state index contributed by atoms with van der Waals surface area (Å²) < 4.78 is 0. The summed E-state index contributed by atoms with van der Waals surface area (Å²) in [4.78, 5) is 28.4. The maximum Gasteiger partial charge on any atom is 0.223 e. The van der Waals surface area contributed by atoms with Gasteiger partial charge in [0.05, 0.1) is 0 Å². The van der Waals surface area contributed by atoms with Crippen molar-refractivity contribution in [2.45, 2.75) is 63.8 Å². The van der Waals surface area contributed by atoms with Crippen molar-refractivity contribution in [1.82, 2.24) is 9.80 Å². The second-order valence-corrected chi connectivity index (χ2v) is 6.74. The molecule has 1 spiro atoms. The average molecular weight is 278 g/mol. The fraction of sp³-hybridized carbons (Fsp3) is 0.875. The van der Waals surface area contributed by atoms with Crippen molar-refractivity contribution in [3.05, 3.63) is 0 Å². The molecule has 0 N–H and O–H groups in total. The lowest BCUT2D eigenvalue weighted by Gasteiger charge is -2.37. The first-order valence-electron chi connectivity index (χ1n) is 8.23. The van der Waals surface area contributed by atoms with Crippen LogP contribution in [0.4, 0.5) is 0 Å². The van der Waals surface area contributed by atoms with E-state index in [0.29, 0.717) is 24.2 Å². The molecule has 0 radical (unpaired) electrons. The molecule has 4 nitrogen and oxygen atoms in total. The van der Waals surface area contributed by atoms with Crippen LogP contribution in [0, 0.1) is 5.92 Å². The monoisotopic (exact) mass is 278 g/mol. The number of carbonyl (C=O) groups excluding carboxylic acids is 2. The summed E-state index contributed by atoms with van der Waals surface area (Å²) in [6.45, 7) is 4.62. The summed E-state index contributed by atoms with van der Waals surface area (Å²) in [6, 6.07) is 0. The Bertz CT molecular complexity index is 405. The van der Waals surface area contributed by atoms with E-state index >= 15 is 0 Å². The standard InChI is InChI=1S/C16H26N2O2/c1-2-18-14(19)6-8-16(18)7-3-10-17(11-9-16)15(20)12-13-4-5-13/h13H,2-12H2,1H3/t16-/m0/s1. The molecule has 2 saturated heterocycles. The zero-order chi connectivity index (χ0) is 14.2. The summed E-state index contributed by atoms with van der Waals surface area (Å²) in [6.07, 6.45) is 8.00. The van der Waals surface area contributed by atoms with Crippen LogP contribution in [-0.4, -0.2) is 46.8 Å². The Balaban J connectivity index is 1.63. The predicted octanol–water partition coefficient (Wildman–Crippen LogP) is 2.18. The smallest absolute Gasteiger partial charge is 0.223 e. The van der Waals surface area contributed by atoms with Crippen LogP contribution < -0.4 is 0 Å². The van der Waals surface area contributed by atoms with Crippen LogP contribution in [0.5, 0.6) is 0 Å². The molecule has 112 valence electrons. The molecule has 0 unspecified atom stereocenters.